The van der Waals surface area contributed by atoms with Crippen molar-refractivity contribution in [3.05, 3.63) is 35.5 Å². The molecule has 0 aromatic heterocycles. The third-order valence-electron chi connectivity index (χ3n) is 18.9. The van der Waals surface area contributed by atoms with Crippen LogP contribution in [0.5, 0.6) is 0 Å². The Morgan fingerprint density at radius 2 is 1.67 bits per heavy atom. The second kappa shape index (κ2) is 14.4. The molecule has 8 heteroatoms. The van der Waals surface area contributed by atoms with Crippen molar-refractivity contribution in [1.29, 1.82) is 0 Å². The summed E-state index contributed by atoms with van der Waals surface area (Å²) < 4.78 is 24.2. The van der Waals surface area contributed by atoms with Gasteiger partial charge in [-0.3, -0.25) is 4.79 Å². The van der Waals surface area contributed by atoms with Crippen LogP contribution in [0.2, 0.25) is 0 Å². The van der Waals surface area contributed by atoms with Crippen LogP contribution in [0, 0.1) is 68.5 Å². The van der Waals surface area contributed by atoms with Gasteiger partial charge in [0.25, 0.3) is 0 Å². The van der Waals surface area contributed by atoms with Crippen molar-refractivity contribution >= 4 is 15.8 Å². The fraction of sp³-hybridized carbons (Fsp3) is 0.851. The lowest BCUT2D eigenvalue weighted by molar-refractivity contribution is -0.221. The smallest absolute Gasteiger partial charge is 0.310 e. The van der Waals surface area contributed by atoms with Crippen molar-refractivity contribution in [2.75, 3.05) is 44.3 Å². The monoisotopic (exact) mass is 781 g/mol. The van der Waals surface area contributed by atoms with Gasteiger partial charge in [-0.1, -0.05) is 72.8 Å². The predicted molar refractivity (Wildman–Crippen MR) is 223 cm³/mol. The average molecular weight is 781 g/mol. The zero-order chi connectivity index (χ0) is 40.0. The highest BCUT2D eigenvalue weighted by Crippen LogP contribution is 2.76. The van der Waals surface area contributed by atoms with E-state index in [0.717, 1.165) is 25.9 Å². The number of sulfone groups is 1. The molecule has 0 aromatic carbocycles. The van der Waals surface area contributed by atoms with Gasteiger partial charge in [0, 0.05) is 38.3 Å². The van der Waals surface area contributed by atoms with Gasteiger partial charge < -0.3 is 20.4 Å². The van der Waals surface area contributed by atoms with E-state index in [1.807, 2.05) is 0 Å². The van der Waals surface area contributed by atoms with Gasteiger partial charge in [-0.05, 0) is 158 Å². The number of rotatable bonds is 10. The average Bonchev–Trinajstić information content (AvgIpc) is 3.49. The van der Waals surface area contributed by atoms with Crippen LogP contribution < -0.4 is 5.32 Å². The minimum absolute atomic E-state index is 0.000327. The number of carboxylic acid groups (broad SMARTS) is 1. The molecule has 1 aliphatic heterocycles. The third kappa shape index (κ3) is 6.42. The zero-order valence-electron chi connectivity index (χ0n) is 35.8. The topological polar surface area (TPSA) is 107 Å². The van der Waals surface area contributed by atoms with Crippen molar-refractivity contribution in [3.8, 4) is 0 Å². The quantitative estimate of drug-likeness (QED) is 0.191. The molecule has 0 bridgehead atoms. The lowest BCUT2D eigenvalue weighted by Crippen LogP contribution is -2.68. The van der Waals surface area contributed by atoms with Crippen LogP contribution in [-0.4, -0.2) is 79.3 Å². The Bertz CT molecular complexity index is 1690. The zero-order valence-corrected chi connectivity index (χ0v) is 36.6. The van der Waals surface area contributed by atoms with E-state index in [2.05, 4.69) is 84.3 Å². The molecule has 1 saturated heterocycles. The molecule has 7 rings (SSSR count). The van der Waals surface area contributed by atoms with Crippen LogP contribution in [0.15, 0.2) is 35.5 Å². The normalized spacial score (nSPS) is 45.1. The highest BCUT2D eigenvalue weighted by atomic mass is 32.2. The fourth-order valence-electron chi connectivity index (χ4n) is 15.9. The van der Waals surface area contributed by atoms with Crippen molar-refractivity contribution in [3.63, 3.8) is 0 Å². The molecule has 55 heavy (non-hydrogen) atoms. The molecule has 6 aliphatic carbocycles. The number of allylic oxidation sites excluding steroid dienone is 5. The van der Waals surface area contributed by atoms with Gasteiger partial charge in [0.1, 0.15) is 0 Å². The van der Waals surface area contributed by atoms with E-state index in [4.69, 9.17) is 0 Å². The maximum absolute atomic E-state index is 12.8. The summed E-state index contributed by atoms with van der Waals surface area (Å²) in [6.07, 6.45) is 17.8. The largest absolute Gasteiger partial charge is 0.481 e. The fourth-order valence-corrected chi connectivity index (χ4v) is 17.2. The van der Waals surface area contributed by atoms with E-state index in [0.29, 0.717) is 67.0 Å². The molecule has 0 aromatic rings. The first-order valence-corrected chi connectivity index (χ1v) is 24.1. The van der Waals surface area contributed by atoms with E-state index < -0.39 is 21.2 Å². The lowest BCUT2D eigenvalue weighted by Gasteiger charge is -2.72. The van der Waals surface area contributed by atoms with E-state index in [1.165, 1.54) is 68.1 Å². The molecule has 0 radical (unpaired) electrons. The summed E-state index contributed by atoms with van der Waals surface area (Å²) in [5, 5.41) is 24.7. The summed E-state index contributed by atoms with van der Waals surface area (Å²) in [6.45, 7) is 27.4. The highest BCUT2D eigenvalue weighted by Gasteiger charge is 2.70. The molecule has 7 aliphatic rings. The standard InChI is InChI=1S/C47H76N2O5S/c1-31(2)34-13-19-47(48-23-24-49-25-28-55(53,54)29-26-49)21-20-44(8)36(40(34)47)10-11-39-43(7)16-14-35(42(5,6)38(43)15-17-45(39,44)9)33-12-18-46(22-27-50,41(51)52)37(30-33)32(3)4/h14,30,32,34,36-40,48,50H,1,10-13,15-29H2,2-9H3,(H,51,52)/t34-,36+,37?,38-,39+,40+,43-,44+,45+,46?,47-/m0/s1. The summed E-state index contributed by atoms with van der Waals surface area (Å²) in [7, 11) is -2.87. The number of aliphatic hydroxyl groups is 1. The number of carboxylic acids is 1. The first kappa shape index (κ1) is 41.7. The second-order valence-corrected chi connectivity index (χ2v) is 24.0. The van der Waals surface area contributed by atoms with Crippen molar-refractivity contribution in [2.24, 2.45) is 68.5 Å². The summed E-state index contributed by atoms with van der Waals surface area (Å²) >= 11 is 0. The molecule has 4 saturated carbocycles. The Hall–Kier alpha value is -1.48. The van der Waals surface area contributed by atoms with Crippen LogP contribution in [0.3, 0.4) is 0 Å². The minimum atomic E-state index is -2.87. The number of aliphatic hydroxyl groups excluding tert-OH is 1. The number of aliphatic carboxylic acids is 1. The molecule has 0 spiro atoms. The lowest BCUT2D eigenvalue weighted by atomic mass is 9.33. The van der Waals surface area contributed by atoms with Crippen molar-refractivity contribution < 1.29 is 23.4 Å². The maximum Gasteiger partial charge on any atom is 0.310 e. The highest BCUT2D eigenvalue weighted by molar-refractivity contribution is 7.91. The van der Waals surface area contributed by atoms with Gasteiger partial charge in [-0.15, -0.1) is 0 Å². The maximum atomic E-state index is 12.8. The summed E-state index contributed by atoms with van der Waals surface area (Å²) in [4.78, 5) is 15.1. The van der Waals surface area contributed by atoms with Gasteiger partial charge in [-0.2, -0.15) is 0 Å². The van der Waals surface area contributed by atoms with Gasteiger partial charge in [0.15, 0.2) is 9.84 Å². The van der Waals surface area contributed by atoms with Crippen molar-refractivity contribution in [2.45, 2.75) is 138 Å². The number of nitrogens with zero attached hydrogens (tertiary/aromatic N) is 1. The second-order valence-electron chi connectivity index (χ2n) is 21.7. The van der Waals surface area contributed by atoms with Crippen LogP contribution in [-0.2, 0) is 14.6 Å². The predicted octanol–water partition coefficient (Wildman–Crippen LogP) is 8.70. The van der Waals surface area contributed by atoms with Crippen LogP contribution >= 0.6 is 0 Å². The molecule has 11 atom stereocenters. The van der Waals surface area contributed by atoms with Crippen LogP contribution in [0.25, 0.3) is 0 Å². The minimum Gasteiger partial charge on any atom is -0.481 e. The number of hydrogen-bond donors (Lipinski definition) is 3. The number of carbonyl (C=O) groups is 1. The Morgan fingerprint density at radius 3 is 2.31 bits per heavy atom. The molecule has 0 amide bonds. The Balaban J connectivity index is 1.15. The third-order valence-corrected chi connectivity index (χ3v) is 20.5. The molecular formula is C47H76N2O5S. The number of nitrogens with one attached hydrogen (secondary N) is 1. The van der Waals surface area contributed by atoms with Gasteiger partial charge >= 0.3 is 5.97 Å². The van der Waals surface area contributed by atoms with E-state index >= 15 is 0 Å². The first-order chi connectivity index (χ1) is 25.7. The van der Waals surface area contributed by atoms with Gasteiger partial charge in [-0.25, -0.2) is 8.42 Å². The molecule has 7 nitrogen and oxygen atoms in total. The Morgan fingerprint density at radius 1 is 0.964 bits per heavy atom. The summed E-state index contributed by atoms with van der Waals surface area (Å²) in [5.74, 6) is 2.97. The number of hydrogen-bond acceptors (Lipinski definition) is 6. The molecule has 2 unspecified atom stereocenters. The SMILES string of the molecule is C=C(C)[C@@H]1CC[C@]2(NCCN3CCS(=O)(=O)CC3)CC[C@]3(C)[C@H](CC[C@@H]4[C@@]5(C)CC=C(C6=CC(C(C)C)C(CCO)(C(=O)O)CC6)C(C)(C)[C@@H]5CC[C@]43C)[C@@H]12. The van der Waals surface area contributed by atoms with E-state index in [-0.39, 0.29) is 45.6 Å². The number of fused-ring (bicyclic) bond motifs is 7. The van der Waals surface area contributed by atoms with Crippen LogP contribution in [0.4, 0.5) is 0 Å². The van der Waals surface area contributed by atoms with E-state index in [9.17, 15) is 23.4 Å². The first-order valence-electron chi connectivity index (χ1n) is 22.3. The molecule has 1 heterocycles. The molecule has 5 fully saturated rings. The van der Waals surface area contributed by atoms with E-state index in [1.54, 1.807) is 0 Å². The Labute approximate surface area is 334 Å². The van der Waals surface area contributed by atoms with Crippen LogP contribution in [0.1, 0.15) is 132 Å². The molecule has 3 N–H and O–H groups in total. The summed E-state index contributed by atoms with van der Waals surface area (Å²) in [5.41, 5.74) is 4.19. The molecule has 310 valence electrons. The molecular weight excluding hydrogens is 705 g/mol. The Kier molecular flexibility index (Phi) is 10.9. The summed E-state index contributed by atoms with van der Waals surface area (Å²) in [6, 6.07) is 0. The van der Waals surface area contributed by atoms with Gasteiger partial charge in [0.2, 0.25) is 0 Å². The van der Waals surface area contributed by atoms with Gasteiger partial charge in [0.05, 0.1) is 16.9 Å². The van der Waals surface area contributed by atoms with Crippen molar-refractivity contribution in [1.82, 2.24) is 10.2 Å².